The highest BCUT2D eigenvalue weighted by Crippen LogP contribution is 2.53. The molecule has 1 aliphatic heterocycles. The number of aliphatic carboxylic acids is 1. The molecule has 1 heterocycles. The van der Waals surface area contributed by atoms with E-state index in [4.69, 9.17) is 24.7 Å². The number of carboxylic acid groups (broad SMARTS) is 1. The minimum absolute atomic E-state index is 0.0397. The first-order chi connectivity index (χ1) is 25.8. The fourth-order valence-electron chi connectivity index (χ4n) is 6.53. The number of rotatable bonds is 16. The monoisotopic (exact) mass is 760 g/mol. The highest BCUT2D eigenvalue weighted by atomic mass is 16.5. The largest absolute Gasteiger partial charge is 0.496 e. The van der Waals surface area contributed by atoms with E-state index in [1.165, 1.54) is 14.2 Å². The summed E-state index contributed by atoms with van der Waals surface area (Å²) in [6, 6.07) is 11.7. The van der Waals surface area contributed by atoms with Gasteiger partial charge in [0.05, 0.1) is 38.8 Å². The molecule has 3 aromatic carbocycles. The topological polar surface area (TPSA) is 188 Å². The summed E-state index contributed by atoms with van der Waals surface area (Å²) < 4.78 is 23.6. The molecule has 3 aromatic rings. The van der Waals surface area contributed by atoms with Crippen LogP contribution in [0.1, 0.15) is 89.6 Å². The molecule has 0 aliphatic carbocycles. The zero-order chi connectivity index (χ0) is 40.8. The quantitative estimate of drug-likeness (QED) is 0.131. The van der Waals surface area contributed by atoms with E-state index in [1.807, 2.05) is 84.9 Å². The molecule has 55 heavy (non-hydrogen) atoms. The van der Waals surface area contributed by atoms with Crippen molar-refractivity contribution >= 4 is 23.7 Å². The van der Waals surface area contributed by atoms with Gasteiger partial charge in [0.25, 0.3) is 0 Å². The molecule has 0 saturated carbocycles. The van der Waals surface area contributed by atoms with Gasteiger partial charge in [-0.2, -0.15) is 0 Å². The number of hydrogen-bond donors (Lipinski definition) is 5. The molecule has 3 amide bonds. The molecule has 0 fully saturated rings. The second-order valence-electron chi connectivity index (χ2n) is 15.5. The summed E-state index contributed by atoms with van der Waals surface area (Å²) in [5.74, 6) is -0.392. The van der Waals surface area contributed by atoms with Gasteiger partial charge in [-0.05, 0) is 63.4 Å². The Balaban J connectivity index is 1.56. The van der Waals surface area contributed by atoms with E-state index < -0.39 is 47.2 Å². The first-order valence-corrected chi connectivity index (χ1v) is 18.5. The van der Waals surface area contributed by atoms with Crippen LogP contribution in [-0.2, 0) is 44.0 Å². The lowest BCUT2D eigenvalue weighted by atomic mass is 9.74. The summed E-state index contributed by atoms with van der Waals surface area (Å²) in [4.78, 5) is 52.4. The summed E-state index contributed by atoms with van der Waals surface area (Å²) in [5, 5.41) is 18.2. The molecule has 0 saturated heterocycles. The Bertz CT molecular complexity index is 1880. The van der Waals surface area contributed by atoms with Crippen LogP contribution in [-0.4, -0.2) is 66.7 Å². The predicted octanol–water partition coefficient (Wildman–Crippen LogP) is 5.16. The molecule has 0 unspecified atom stereocenters. The van der Waals surface area contributed by atoms with Crippen LogP contribution in [0.2, 0.25) is 0 Å². The van der Waals surface area contributed by atoms with Crippen molar-refractivity contribution in [2.24, 2.45) is 11.7 Å². The number of carbonyl (C=O) groups excluding carboxylic acids is 3. The van der Waals surface area contributed by atoms with Crippen LogP contribution in [0.3, 0.4) is 0 Å². The number of fused-ring (bicyclic) bond motifs is 2. The second-order valence-corrected chi connectivity index (χ2v) is 15.5. The Labute approximate surface area is 323 Å². The maximum atomic E-state index is 13.8. The summed E-state index contributed by atoms with van der Waals surface area (Å²) >= 11 is 0. The molecular weight excluding hydrogens is 704 g/mol. The molecule has 0 aromatic heterocycles. The number of benzene rings is 3. The number of hydrogen-bond acceptors (Lipinski definition) is 9. The zero-order valence-electron chi connectivity index (χ0n) is 33.5. The van der Waals surface area contributed by atoms with Crippen LogP contribution in [0.15, 0.2) is 48.5 Å². The van der Waals surface area contributed by atoms with Crippen molar-refractivity contribution in [3.05, 3.63) is 76.3 Å². The Kier molecular flexibility index (Phi) is 13.5. The Hall–Kier alpha value is -5.30. The molecule has 0 radical (unpaired) electrons. The zero-order valence-corrected chi connectivity index (χ0v) is 33.5. The average molecular weight is 761 g/mol. The average Bonchev–Trinajstić information content (AvgIpc) is 3.12. The van der Waals surface area contributed by atoms with Gasteiger partial charge in [-0.1, -0.05) is 58.4 Å². The number of nitrogens with two attached hydrogens (primary N) is 1. The van der Waals surface area contributed by atoms with E-state index in [9.17, 15) is 24.3 Å². The summed E-state index contributed by atoms with van der Waals surface area (Å²) in [5.41, 5.74) is 8.49. The minimum atomic E-state index is -1.04. The van der Waals surface area contributed by atoms with Gasteiger partial charge in [-0.15, -0.1) is 0 Å². The van der Waals surface area contributed by atoms with Gasteiger partial charge >= 0.3 is 5.97 Å². The van der Waals surface area contributed by atoms with Gasteiger partial charge in [0.2, 0.25) is 17.7 Å². The van der Waals surface area contributed by atoms with Crippen LogP contribution in [0.5, 0.6) is 28.7 Å². The first kappa shape index (κ1) is 42.4. The van der Waals surface area contributed by atoms with Crippen molar-refractivity contribution in [2.75, 3.05) is 14.2 Å². The van der Waals surface area contributed by atoms with E-state index in [0.29, 0.717) is 46.3 Å². The third-order valence-corrected chi connectivity index (χ3v) is 9.93. The molecule has 13 nitrogen and oxygen atoms in total. The third-order valence-electron chi connectivity index (χ3n) is 9.93. The lowest BCUT2D eigenvalue weighted by molar-refractivity contribution is -0.136. The summed E-state index contributed by atoms with van der Waals surface area (Å²) in [6.07, 6.45) is 0.499. The number of nitrogens with one attached hydrogen (secondary N) is 3. The van der Waals surface area contributed by atoms with E-state index in [1.54, 1.807) is 19.1 Å². The van der Waals surface area contributed by atoms with Crippen molar-refractivity contribution in [2.45, 2.75) is 110 Å². The molecule has 298 valence electrons. The fourth-order valence-corrected chi connectivity index (χ4v) is 6.53. The Morgan fingerprint density at radius 1 is 0.836 bits per heavy atom. The Morgan fingerprint density at radius 2 is 1.40 bits per heavy atom. The van der Waals surface area contributed by atoms with Gasteiger partial charge in [0.15, 0.2) is 0 Å². The van der Waals surface area contributed by atoms with Crippen LogP contribution >= 0.6 is 0 Å². The Morgan fingerprint density at radius 3 is 1.93 bits per heavy atom. The molecular formula is C42H56N4O9. The predicted molar refractivity (Wildman–Crippen MR) is 209 cm³/mol. The number of carboxylic acids is 1. The van der Waals surface area contributed by atoms with E-state index >= 15 is 0 Å². The van der Waals surface area contributed by atoms with Crippen molar-refractivity contribution in [3.8, 4) is 28.7 Å². The van der Waals surface area contributed by atoms with Crippen molar-refractivity contribution in [3.63, 3.8) is 0 Å². The number of ether oxygens (including phenoxy) is 4. The number of carbonyl (C=O) groups is 4. The van der Waals surface area contributed by atoms with Crippen molar-refractivity contribution < 1.29 is 43.2 Å². The van der Waals surface area contributed by atoms with E-state index in [2.05, 4.69) is 16.0 Å². The van der Waals surface area contributed by atoms with E-state index in [0.717, 1.165) is 16.7 Å². The fraction of sp³-hybridized carbons (Fsp3) is 0.476. The van der Waals surface area contributed by atoms with E-state index in [-0.39, 0.29) is 30.9 Å². The van der Waals surface area contributed by atoms with Gasteiger partial charge in [0.1, 0.15) is 46.4 Å². The second kappa shape index (κ2) is 17.4. The van der Waals surface area contributed by atoms with Crippen molar-refractivity contribution in [1.82, 2.24) is 16.0 Å². The molecule has 1 aliphatic rings. The SMILES string of the molecule is CC[C@H](C)[C@H](N)C(=O)N[C@@H](Cc1ccc(OC(C)(C)C)cc1)C(=O)N[C@@H](C)C(=O)NCc1c(OC)ccc2c1Oc1c(ccc(OC)c1CC(=O)O)C2(C)C. The van der Waals surface area contributed by atoms with Gasteiger partial charge in [0, 0.05) is 28.5 Å². The minimum Gasteiger partial charge on any atom is -0.496 e. The molecule has 6 N–H and O–H groups in total. The summed E-state index contributed by atoms with van der Waals surface area (Å²) in [7, 11) is 2.97. The van der Waals surface area contributed by atoms with Crippen LogP contribution in [0, 0.1) is 5.92 Å². The molecule has 13 heteroatoms. The normalized spacial score (nSPS) is 15.1. The highest BCUT2D eigenvalue weighted by Gasteiger charge is 2.39. The standard InChI is InChI=1S/C42H56N4O9/c1-11-23(2)35(43)40(51)46-31(20-25-12-14-26(15-13-25)55-41(4,5)6)39(50)45-24(3)38(49)44-22-28-33(53-10)19-17-30-37(28)54-36-27(21-34(47)48)32(52-9)18-16-29(36)42(30,7)8/h12-19,23-24,31,35H,11,20-22,43H2,1-10H3,(H,44,49)(H,45,50)(H,46,51)(H,47,48)/t23-,24-,31-,35-/m0/s1. The van der Waals surface area contributed by atoms with Gasteiger partial charge in [-0.3, -0.25) is 19.2 Å². The smallest absolute Gasteiger partial charge is 0.308 e. The highest BCUT2D eigenvalue weighted by molar-refractivity contribution is 5.93. The lowest BCUT2D eigenvalue weighted by Gasteiger charge is -2.37. The van der Waals surface area contributed by atoms with Crippen LogP contribution in [0.4, 0.5) is 0 Å². The maximum Gasteiger partial charge on any atom is 0.308 e. The van der Waals surface area contributed by atoms with Gasteiger partial charge < -0.3 is 45.7 Å². The van der Waals surface area contributed by atoms with Gasteiger partial charge in [-0.25, -0.2) is 0 Å². The summed E-state index contributed by atoms with van der Waals surface area (Å²) in [6.45, 7) is 15.2. The molecule has 0 bridgehead atoms. The number of amides is 3. The lowest BCUT2D eigenvalue weighted by Crippen LogP contribution is -2.56. The maximum absolute atomic E-state index is 13.8. The molecule has 4 atom stereocenters. The first-order valence-electron chi connectivity index (χ1n) is 18.5. The van der Waals surface area contributed by atoms with Crippen LogP contribution in [0.25, 0.3) is 0 Å². The number of methoxy groups -OCH3 is 2. The third kappa shape index (κ3) is 10.1. The molecule has 0 spiro atoms. The van der Waals surface area contributed by atoms with Crippen molar-refractivity contribution in [1.29, 1.82) is 0 Å². The van der Waals surface area contributed by atoms with Crippen LogP contribution < -0.4 is 40.6 Å². The molecule has 4 rings (SSSR count).